The van der Waals surface area contributed by atoms with Gasteiger partial charge in [-0.3, -0.25) is 0 Å². The van der Waals surface area contributed by atoms with Crippen molar-refractivity contribution in [2.75, 3.05) is 0 Å². The topological polar surface area (TPSA) is 38.0 Å². The van der Waals surface area contributed by atoms with Gasteiger partial charge in [0.15, 0.2) is 0 Å². The Hall–Kier alpha value is -3.14. The first-order valence-corrected chi connectivity index (χ1v) is 8.04. The Balaban J connectivity index is 1.86. The molecule has 0 fully saturated rings. The maximum atomic E-state index is 13.9. The van der Waals surface area contributed by atoms with Crippen LogP contribution in [0.25, 0.3) is 33.3 Å². The number of hydrogen-bond acceptors (Lipinski definition) is 2. The van der Waals surface area contributed by atoms with Gasteiger partial charge in [0, 0.05) is 41.5 Å². The zero-order valence-corrected chi connectivity index (χ0v) is 14.0. The molecule has 0 atom stereocenters. The van der Waals surface area contributed by atoms with Gasteiger partial charge >= 0.3 is 0 Å². The summed E-state index contributed by atoms with van der Waals surface area (Å²) >= 11 is 0. The summed E-state index contributed by atoms with van der Waals surface area (Å²) in [5.41, 5.74) is 4.22. The fourth-order valence-corrected chi connectivity index (χ4v) is 3.07. The molecule has 3 nitrogen and oxygen atoms in total. The second-order valence-corrected chi connectivity index (χ2v) is 6.23. The van der Waals surface area contributed by atoms with Gasteiger partial charge in [0.25, 0.3) is 0 Å². The molecule has 0 bridgehead atoms. The van der Waals surface area contributed by atoms with Gasteiger partial charge in [0.1, 0.15) is 17.2 Å². The minimum atomic E-state index is -0.283. The van der Waals surface area contributed by atoms with Crippen molar-refractivity contribution in [3.8, 4) is 28.0 Å². The molecule has 0 aliphatic rings. The highest BCUT2D eigenvalue weighted by Gasteiger charge is 2.13. The number of hydrogen-bond donors (Lipinski definition) is 1. The van der Waals surface area contributed by atoms with Crippen molar-refractivity contribution in [1.82, 2.24) is 9.55 Å². The molecule has 2 aromatic heterocycles. The molecule has 0 amide bonds. The maximum absolute atomic E-state index is 13.9. The Bertz CT molecular complexity index is 1100. The Labute approximate surface area is 145 Å². The number of phenols is 1. The first-order valence-electron chi connectivity index (χ1n) is 8.04. The van der Waals surface area contributed by atoms with Crippen molar-refractivity contribution in [2.45, 2.75) is 6.92 Å². The summed E-state index contributed by atoms with van der Waals surface area (Å²) in [4.78, 5) is 4.48. The number of aryl methyl sites for hydroxylation is 2. The number of rotatable bonds is 2. The van der Waals surface area contributed by atoms with Gasteiger partial charge in [-0.2, -0.15) is 0 Å². The maximum Gasteiger partial charge on any atom is 0.139 e. The van der Waals surface area contributed by atoms with E-state index in [4.69, 9.17) is 0 Å². The van der Waals surface area contributed by atoms with Crippen LogP contribution in [0.1, 0.15) is 5.56 Å². The average molecular weight is 332 g/mol. The molecule has 0 unspecified atom stereocenters. The van der Waals surface area contributed by atoms with Gasteiger partial charge in [-0.15, -0.1) is 0 Å². The summed E-state index contributed by atoms with van der Waals surface area (Å²) in [5.74, 6) is -0.155. The van der Waals surface area contributed by atoms with Crippen LogP contribution in [0.4, 0.5) is 4.39 Å². The van der Waals surface area contributed by atoms with Crippen LogP contribution in [0.2, 0.25) is 0 Å². The monoisotopic (exact) mass is 332 g/mol. The predicted octanol–water partition coefficient (Wildman–Crippen LogP) is 5.06. The molecular weight excluding hydrogens is 315 g/mol. The fraction of sp³-hybridized carbons (Fsp3) is 0.0952. The lowest BCUT2D eigenvalue weighted by Crippen LogP contribution is -1.90. The van der Waals surface area contributed by atoms with Crippen LogP contribution in [-0.4, -0.2) is 14.7 Å². The van der Waals surface area contributed by atoms with E-state index in [2.05, 4.69) is 4.98 Å². The average Bonchev–Trinajstić information content (AvgIpc) is 2.98. The minimum Gasteiger partial charge on any atom is -0.507 e. The number of halogens is 1. The SMILES string of the molecule is Cc1ccc(-c2cccc(-c3cnc4c(ccn4C)c3)c2O)cc1F. The Morgan fingerprint density at radius 2 is 1.76 bits per heavy atom. The molecule has 0 saturated heterocycles. The quantitative estimate of drug-likeness (QED) is 0.557. The normalized spacial score (nSPS) is 11.2. The number of fused-ring (bicyclic) bond motifs is 1. The second-order valence-electron chi connectivity index (χ2n) is 6.23. The molecule has 2 heterocycles. The van der Waals surface area contributed by atoms with Crippen LogP contribution < -0.4 is 0 Å². The molecule has 0 spiro atoms. The molecule has 25 heavy (non-hydrogen) atoms. The van der Waals surface area contributed by atoms with E-state index in [1.807, 2.05) is 48.1 Å². The highest BCUT2D eigenvalue weighted by Crippen LogP contribution is 2.38. The van der Waals surface area contributed by atoms with Crippen LogP contribution >= 0.6 is 0 Å². The Morgan fingerprint density at radius 1 is 1.00 bits per heavy atom. The zero-order valence-electron chi connectivity index (χ0n) is 14.0. The van der Waals surface area contributed by atoms with E-state index in [1.165, 1.54) is 6.07 Å². The lowest BCUT2D eigenvalue weighted by molar-refractivity contribution is 0.479. The lowest BCUT2D eigenvalue weighted by atomic mass is 9.97. The first kappa shape index (κ1) is 15.4. The van der Waals surface area contributed by atoms with Gasteiger partial charge in [0.2, 0.25) is 0 Å². The number of aromatic nitrogens is 2. The first-order chi connectivity index (χ1) is 12.0. The van der Waals surface area contributed by atoms with E-state index in [9.17, 15) is 9.50 Å². The number of benzene rings is 2. The summed E-state index contributed by atoms with van der Waals surface area (Å²) in [6.07, 6.45) is 3.70. The molecule has 4 aromatic rings. The standard InChI is InChI=1S/C21H17FN2O/c1-13-6-7-14(11-19(13)22)17-4-3-5-18(20(17)25)16-10-15-8-9-24(2)21(15)23-12-16/h3-12,25H,1-2H3. The van der Waals surface area contributed by atoms with Gasteiger partial charge in [-0.25, -0.2) is 9.37 Å². The van der Waals surface area contributed by atoms with Gasteiger partial charge in [-0.1, -0.05) is 30.3 Å². The fourth-order valence-electron chi connectivity index (χ4n) is 3.07. The molecular formula is C21H17FN2O. The van der Waals surface area contributed by atoms with Crippen LogP contribution in [0.3, 0.4) is 0 Å². The van der Waals surface area contributed by atoms with Gasteiger partial charge in [-0.05, 0) is 36.2 Å². The molecule has 124 valence electrons. The van der Waals surface area contributed by atoms with Crippen molar-refractivity contribution in [3.05, 3.63) is 72.3 Å². The third-order valence-electron chi connectivity index (χ3n) is 4.54. The molecule has 0 radical (unpaired) electrons. The van der Waals surface area contributed by atoms with Gasteiger partial charge in [0.05, 0.1) is 0 Å². The zero-order chi connectivity index (χ0) is 17.6. The second kappa shape index (κ2) is 5.74. The molecule has 1 N–H and O–H groups in total. The molecule has 4 heteroatoms. The third kappa shape index (κ3) is 2.56. The van der Waals surface area contributed by atoms with E-state index in [1.54, 1.807) is 25.3 Å². The van der Waals surface area contributed by atoms with Gasteiger partial charge < -0.3 is 9.67 Å². The van der Waals surface area contributed by atoms with E-state index in [-0.39, 0.29) is 11.6 Å². The molecule has 2 aromatic carbocycles. The van der Waals surface area contributed by atoms with Crippen molar-refractivity contribution < 1.29 is 9.50 Å². The van der Waals surface area contributed by atoms with E-state index in [0.717, 1.165) is 16.6 Å². The van der Waals surface area contributed by atoms with Crippen molar-refractivity contribution in [2.24, 2.45) is 7.05 Å². The highest BCUT2D eigenvalue weighted by molar-refractivity contribution is 5.86. The lowest BCUT2D eigenvalue weighted by Gasteiger charge is -2.11. The minimum absolute atomic E-state index is 0.128. The summed E-state index contributed by atoms with van der Waals surface area (Å²) in [6.45, 7) is 1.72. The largest absolute Gasteiger partial charge is 0.507 e. The number of phenolic OH excluding ortho intramolecular Hbond substituents is 1. The predicted molar refractivity (Wildman–Crippen MR) is 97.9 cm³/mol. The van der Waals surface area contributed by atoms with Crippen LogP contribution in [0.5, 0.6) is 5.75 Å². The van der Waals surface area contributed by atoms with Crippen LogP contribution in [-0.2, 0) is 7.05 Å². The number of pyridine rings is 1. The number of aromatic hydroxyl groups is 1. The Morgan fingerprint density at radius 3 is 2.52 bits per heavy atom. The molecule has 4 rings (SSSR count). The molecule has 0 aliphatic heterocycles. The third-order valence-corrected chi connectivity index (χ3v) is 4.54. The summed E-state index contributed by atoms with van der Waals surface area (Å²) in [7, 11) is 1.94. The Kier molecular flexibility index (Phi) is 3.53. The smallest absolute Gasteiger partial charge is 0.139 e. The number of nitrogens with zero attached hydrogens (tertiary/aromatic N) is 2. The van der Waals surface area contributed by atoms with Crippen molar-refractivity contribution in [1.29, 1.82) is 0 Å². The van der Waals surface area contributed by atoms with E-state index in [0.29, 0.717) is 22.3 Å². The van der Waals surface area contributed by atoms with Crippen molar-refractivity contribution >= 4 is 11.0 Å². The summed E-state index contributed by atoms with van der Waals surface area (Å²) < 4.78 is 15.9. The number of para-hydroxylation sites is 1. The molecule has 0 aliphatic carbocycles. The summed E-state index contributed by atoms with van der Waals surface area (Å²) in [5, 5.41) is 11.8. The highest BCUT2D eigenvalue weighted by atomic mass is 19.1. The van der Waals surface area contributed by atoms with E-state index < -0.39 is 0 Å². The summed E-state index contributed by atoms with van der Waals surface area (Å²) in [6, 6.07) is 14.5. The van der Waals surface area contributed by atoms with Crippen LogP contribution in [0, 0.1) is 12.7 Å². The van der Waals surface area contributed by atoms with E-state index >= 15 is 0 Å². The molecule has 0 saturated carbocycles. The van der Waals surface area contributed by atoms with Crippen LogP contribution in [0.15, 0.2) is 60.9 Å². The van der Waals surface area contributed by atoms with Crippen molar-refractivity contribution in [3.63, 3.8) is 0 Å².